The number of aliphatic carboxylic acids is 1. The molecule has 0 bridgehead atoms. The van der Waals surface area contributed by atoms with E-state index in [4.69, 9.17) is 21.4 Å². The third-order valence-corrected chi connectivity index (χ3v) is 2.30. The SMILES string of the molecule is CC(NC(=O)COc1ccc(F)c(Cl)c1)C(=O)O. The van der Waals surface area contributed by atoms with Crippen LogP contribution in [0.4, 0.5) is 4.39 Å². The molecular formula is C11H11ClFNO4. The predicted molar refractivity (Wildman–Crippen MR) is 62.1 cm³/mol. The summed E-state index contributed by atoms with van der Waals surface area (Å²) in [6.45, 7) is 0.953. The Kier molecular flexibility index (Phi) is 4.91. The van der Waals surface area contributed by atoms with Gasteiger partial charge in [0.25, 0.3) is 5.91 Å². The molecular weight excluding hydrogens is 265 g/mol. The van der Waals surface area contributed by atoms with Crippen molar-refractivity contribution in [2.24, 2.45) is 0 Å². The molecule has 2 N–H and O–H groups in total. The molecule has 0 fully saturated rings. The summed E-state index contributed by atoms with van der Waals surface area (Å²) in [6, 6.07) is 2.65. The number of hydrogen-bond donors (Lipinski definition) is 2. The molecule has 98 valence electrons. The van der Waals surface area contributed by atoms with Crippen molar-refractivity contribution in [1.82, 2.24) is 5.32 Å². The number of carbonyl (C=O) groups is 2. The highest BCUT2D eigenvalue weighted by molar-refractivity contribution is 6.30. The van der Waals surface area contributed by atoms with E-state index in [1.807, 2.05) is 0 Å². The van der Waals surface area contributed by atoms with E-state index in [2.05, 4.69) is 5.32 Å². The molecule has 0 aliphatic heterocycles. The summed E-state index contributed by atoms with van der Waals surface area (Å²) in [5.41, 5.74) is 0. The largest absolute Gasteiger partial charge is 0.484 e. The van der Waals surface area contributed by atoms with Gasteiger partial charge in [0.05, 0.1) is 5.02 Å². The summed E-state index contributed by atoms with van der Waals surface area (Å²) in [5, 5.41) is 10.7. The molecule has 0 aliphatic carbocycles. The summed E-state index contributed by atoms with van der Waals surface area (Å²) in [5.74, 6) is -2.11. The maximum Gasteiger partial charge on any atom is 0.325 e. The lowest BCUT2D eigenvalue weighted by molar-refractivity contribution is -0.141. The second-order valence-electron chi connectivity index (χ2n) is 3.49. The Labute approximate surface area is 108 Å². The van der Waals surface area contributed by atoms with Crippen molar-refractivity contribution in [1.29, 1.82) is 0 Å². The highest BCUT2D eigenvalue weighted by Crippen LogP contribution is 2.20. The zero-order valence-corrected chi connectivity index (χ0v) is 10.2. The molecule has 0 heterocycles. The number of carboxylic acid groups (broad SMARTS) is 1. The van der Waals surface area contributed by atoms with Crippen LogP contribution in [0.15, 0.2) is 18.2 Å². The van der Waals surface area contributed by atoms with Crippen molar-refractivity contribution >= 4 is 23.5 Å². The minimum absolute atomic E-state index is 0.119. The maximum absolute atomic E-state index is 12.8. The van der Waals surface area contributed by atoms with Crippen LogP contribution >= 0.6 is 11.6 Å². The zero-order valence-electron chi connectivity index (χ0n) is 9.44. The highest BCUT2D eigenvalue weighted by atomic mass is 35.5. The first-order chi connectivity index (χ1) is 8.40. The Hall–Kier alpha value is -1.82. The van der Waals surface area contributed by atoms with Gasteiger partial charge in [-0.25, -0.2) is 4.39 Å². The van der Waals surface area contributed by atoms with E-state index in [0.717, 1.165) is 6.07 Å². The van der Waals surface area contributed by atoms with Gasteiger partial charge < -0.3 is 15.2 Å². The van der Waals surface area contributed by atoms with Crippen LogP contribution in [0, 0.1) is 5.82 Å². The molecule has 18 heavy (non-hydrogen) atoms. The molecule has 1 atom stereocenters. The van der Waals surface area contributed by atoms with Crippen LogP contribution in [0.3, 0.4) is 0 Å². The van der Waals surface area contributed by atoms with Gasteiger partial charge in [-0.2, -0.15) is 0 Å². The molecule has 0 aromatic heterocycles. The summed E-state index contributed by atoms with van der Waals surface area (Å²) in [6.07, 6.45) is 0. The quantitative estimate of drug-likeness (QED) is 0.853. The van der Waals surface area contributed by atoms with Gasteiger partial charge in [-0.1, -0.05) is 11.6 Å². The lowest BCUT2D eigenvalue weighted by Gasteiger charge is -2.10. The number of carboxylic acids is 1. The summed E-state index contributed by atoms with van der Waals surface area (Å²) in [7, 11) is 0. The van der Waals surface area contributed by atoms with Crippen molar-refractivity contribution in [3.8, 4) is 5.75 Å². The number of rotatable bonds is 5. The third kappa shape index (κ3) is 4.21. The summed E-state index contributed by atoms with van der Waals surface area (Å²) in [4.78, 5) is 21.8. The van der Waals surface area contributed by atoms with E-state index in [-0.39, 0.29) is 17.4 Å². The van der Waals surface area contributed by atoms with Crippen LogP contribution in [0.2, 0.25) is 5.02 Å². The topological polar surface area (TPSA) is 75.6 Å². The molecule has 1 amide bonds. The van der Waals surface area contributed by atoms with Crippen molar-refractivity contribution in [2.45, 2.75) is 13.0 Å². The molecule has 0 saturated carbocycles. The Morgan fingerprint density at radius 3 is 2.78 bits per heavy atom. The zero-order chi connectivity index (χ0) is 13.7. The first-order valence-electron chi connectivity index (χ1n) is 5.00. The van der Waals surface area contributed by atoms with Crippen molar-refractivity contribution < 1.29 is 23.8 Å². The molecule has 0 radical (unpaired) electrons. The minimum Gasteiger partial charge on any atom is -0.484 e. The van der Waals surface area contributed by atoms with Crippen LogP contribution in [-0.4, -0.2) is 29.6 Å². The number of ether oxygens (including phenoxy) is 1. The predicted octanol–water partition coefficient (Wildman–Crippen LogP) is 1.45. The molecule has 7 heteroatoms. The fourth-order valence-electron chi connectivity index (χ4n) is 1.06. The van der Waals surface area contributed by atoms with Gasteiger partial charge in [0, 0.05) is 6.07 Å². The lowest BCUT2D eigenvalue weighted by Crippen LogP contribution is -2.40. The van der Waals surface area contributed by atoms with Gasteiger partial charge in [-0.3, -0.25) is 9.59 Å². The third-order valence-electron chi connectivity index (χ3n) is 2.01. The van der Waals surface area contributed by atoms with E-state index < -0.39 is 23.7 Å². The standard InChI is InChI=1S/C11H11ClFNO4/c1-6(11(16)17)14-10(15)5-18-7-2-3-9(13)8(12)4-7/h2-4,6H,5H2,1H3,(H,14,15)(H,16,17). The molecule has 0 aliphatic rings. The van der Waals surface area contributed by atoms with Crippen LogP contribution < -0.4 is 10.1 Å². The van der Waals surface area contributed by atoms with Gasteiger partial charge in [-0.05, 0) is 19.1 Å². The van der Waals surface area contributed by atoms with Gasteiger partial charge in [0.1, 0.15) is 17.6 Å². The van der Waals surface area contributed by atoms with E-state index in [9.17, 15) is 14.0 Å². The van der Waals surface area contributed by atoms with Crippen LogP contribution in [0.25, 0.3) is 0 Å². The second-order valence-corrected chi connectivity index (χ2v) is 3.90. The number of halogens is 2. The second kappa shape index (κ2) is 6.20. The number of nitrogens with one attached hydrogen (secondary N) is 1. The minimum atomic E-state index is -1.15. The van der Waals surface area contributed by atoms with Crippen molar-refractivity contribution in [2.75, 3.05) is 6.61 Å². The molecule has 1 aromatic carbocycles. The Bertz CT molecular complexity index is 466. The number of amides is 1. The lowest BCUT2D eigenvalue weighted by atomic mass is 10.3. The van der Waals surface area contributed by atoms with Gasteiger partial charge in [0.2, 0.25) is 0 Å². The smallest absolute Gasteiger partial charge is 0.325 e. The molecule has 5 nitrogen and oxygen atoms in total. The Morgan fingerprint density at radius 1 is 1.56 bits per heavy atom. The van der Waals surface area contributed by atoms with Crippen LogP contribution in [-0.2, 0) is 9.59 Å². The van der Waals surface area contributed by atoms with Crippen LogP contribution in [0.1, 0.15) is 6.92 Å². The number of hydrogen-bond acceptors (Lipinski definition) is 3. The van der Waals surface area contributed by atoms with E-state index >= 15 is 0 Å². The van der Waals surface area contributed by atoms with Gasteiger partial charge >= 0.3 is 5.97 Å². The summed E-state index contributed by atoms with van der Waals surface area (Å²) < 4.78 is 17.9. The molecule has 1 unspecified atom stereocenters. The maximum atomic E-state index is 12.8. The normalized spacial score (nSPS) is 11.7. The monoisotopic (exact) mass is 275 g/mol. The van der Waals surface area contributed by atoms with Crippen molar-refractivity contribution in [3.63, 3.8) is 0 Å². The average molecular weight is 276 g/mol. The number of carbonyl (C=O) groups excluding carboxylic acids is 1. The highest BCUT2D eigenvalue weighted by Gasteiger charge is 2.14. The Balaban J connectivity index is 2.47. The first-order valence-corrected chi connectivity index (χ1v) is 5.38. The summed E-state index contributed by atoms with van der Waals surface area (Å²) >= 11 is 5.52. The van der Waals surface area contributed by atoms with E-state index in [1.165, 1.54) is 19.1 Å². The molecule has 1 aromatic rings. The fraction of sp³-hybridized carbons (Fsp3) is 0.273. The first kappa shape index (κ1) is 14.2. The van der Waals surface area contributed by atoms with Gasteiger partial charge in [-0.15, -0.1) is 0 Å². The van der Waals surface area contributed by atoms with Crippen molar-refractivity contribution in [3.05, 3.63) is 29.0 Å². The van der Waals surface area contributed by atoms with E-state index in [1.54, 1.807) is 0 Å². The Morgan fingerprint density at radius 2 is 2.22 bits per heavy atom. The van der Waals surface area contributed by atoms with E-state index in [0.29, 0.717) is 0 Å². The van der Waals surface area contributed by atoms with Crippen LogP contribution in [0.5, 0.6) is 5.75 Å². The number of benzene rings is 1. The average Bonchev–Trinajstić information content (AvgIpc) is 2.30. The molecule has 0 saturated heterocycles. The van der Waals surface area contributed by atoms with Gasteiger partial charge in [0.15, 0.2) is 6.61 Å². The molecule has 0 spiro atoms. The molecule has 1 rings (SSSR count). The fourth-order valence-corrected chi connectivity index (χ4v) is 1.23.